The summed E-state index contributed by atoms with van der Waals surface area (Å²) in [5.41, 5.74) is 4.77. The van der Waals surface area contributed by atoms with Crippen molar-refractivity contribution in [1.29, 1.82) is 0 Å². The van der Waals surface area contributed by atoms with E-state index in [4.69, 9.17) is 4.42 Å². The summed E-state index contributed by atoms with van der Waals surface area (Å²) in [5, 5.41) is 11.6. The van der Waals surface area contributed by atoms with Crippen molar-refractivity contribution in [3.8, 4) is 0 Å². The number of anilines is 1. The van der Waals surface area contributed by atoms with Gasteiger partial charge in [0.15, 0.2) is 0 Å². The van der Waals surface area contributed by atoms with Gasteiger partial charge in [0.25, 0.3) is 0 Å². The molecule has 0 radical (unpaired) electrons. The highest BCUT2D eigenvalue weighted by Crippen LogP contribution is 2.18. The Bertz CT molecular complexity index is 750. The molecule has 22 heavy (non-hydrogen) atoms. The summed E-state index contributed by atoms with van der Waals surface area (Å²) in [7, 11) is 0. The third-order valence-electron chi connectivity index (χ3n) is 3.74. The first-order chi connectivity index (χ1) is 10.7. The average molecular weight is 293 g/mol. The summed E-state index contributed by atoms with van der Waals surface area (Å²) >= 11 is 0. The van der Waals surface area contributed by atoms with Crippen LogP contribution in [0, 0.1) is 13.8 Å². The molecule has 0 unspecified atom stereocenters. The Kier molecular flexibility index (Phi) is 4.19. The zero-order valence-electron chi connectivity index (χ0n) is 12.8. The quantitative estimate of drug-likeness (QED) is 0.775. The van der Waals surface area contributed by atoms with Crippen molar-refractivity contribution in [2.45, 2.75) is 26.8 Å². The van der Waals surface area contributed by atoms with Gasteiger partial charge in [0.1, 0.15) is 0 Å². The minimum absolute atomic E-state index is 0.534. The van der Waals surface area contributed by atoms with Crippen LogP contribution in [0.5, 0.6) is 0 Å². The van der Waals surface area contributed by atoms with Crippen LogP contribution in [0.1, 0.15) is 28.5 Å². The van der Waals surface area contributed by atoms with Crippen LogP contribution >= 0.6 is 0 Å². The molecule has 3 rings (SSSR count). The molecule has 112 valence electrons. The largest absolute Gasteiger partial charge is 0.423 e. The fraction of sp³-hybridized carbons (Fsp3) is 0.222. The third kappa shape index (κ3) is 3.34. The normalized spacial score (nSPS) is 10.6. The minimum Gasteiger partial charge on any atom is -0.423 e. The van der Waals surface area contributed by atoms with E-state index in [1.807, 2.05) is 24.3 Å². The fourth-order valence-electron chi connectivity index (χ4n) is 2.32. The van der Waals surface area contributed by atoms with Crippen LogP contribution < -0.4 is 5.32 Å². The van der Waals surface area contributed by atoms with Crippen LogP contribution in [0.15, 0.2) is 52.9 Å². The summed E-state index contributed by atoms with van der Waals surface area (Å²) in [6.07, 6.45) is 0.664. The van der Waals surface area contributed by atoms with Crippen molar-refractivity contribution in [2.24, 2.45) is 0 Å². The zero-order valence-corrected chi connectivity index (χ0v) is 12.8. The third-order valence-corrected chi connectivity index (χ3v) is 3.74. The fourth-order valence-corrected chi connectivity index (χ4v) is 2.32. The number of nitrogens with one attached hydrogen (secondary N) is 1. The van der Waals surface area contributed by atoms with Crippen LogP contribution in [-0.2, 0) is 13.0 Å². The van der Waals surface area contributed by atoms with Crippen LogP contribution in [0.2, 0.25) is 0 Å². The molecule has 4 heteroatoms. The van der Waals surface area contributed by atoms with Gasteiger partial charge in [-0.3, -0.25) is 0 Å². The Balaban J connectivity index is 1.63. The Morgan fingerprint density at radius 2 is 1.68 bits per heavy atom. The monoisotopic (exact) mass is 293 g/mol. The number of hydrogen-bond donors (Lipinski definition) is 1. The summed E-state index contributed by atoms with van der Waals surface area (Å²) in [6.45, 7) is 4.74. The highest BCUT2D eigenvalue weighted by Gasteiger charge is 2.07. The predicted molar refractivity (Wildman–Crippen MR) is 86.8 cm³/mol. The van der Waals surface area contributed by atoms with Gasteiger partial charge in [0.2, 0.25) is 11.8 Å². The highest BCUT2D eigenvalue weighted by atomic mass is 16.4. The second-order valence-corrected chi connectivity index (χ2v) is 5.35. The number of aryl methyl sites for hydroxylation is 1. The topological polar surface area (TPSA) is 51.0 Å². The van der Waals surface area contributed by atoms with Gasteiger partial charge >= 0.3 is 0 Å². The molecule has 0 saturated heterocycles. The molecule has 1 heterocycles. The number of hydrogen-bond acceptors (Lipinski definition) is 4. The zero-order chi connectivity index (χ0) is 15.4. The summed E-state index contributed by atoms with van der Waals surface area (Å²) in [5.74, 6) is 1.25. The average Bonchev–Trinajstić information content (AvgIpc) is 2.97. The Hall–Kier alpha value is -2.62. The van der Waals surface area contributed by atoms with Gasteiger partial charge in [-0.2, -0.15) is 0 Å². The van der Waals surface area contributed by atoms with E-state index in [1.165, 1.54) is 16.7 Å². The van der Waals surface area contributed by atoms with Crippen molar-refractivity contribution < 1.29 is 4.42 Å². The van der Waals surface area contributed by atoms with Gasteiger partial charge in [-0.1, -0.05) is 42.5 Å². The molecule has 0 atom stereocenters. The summed E-state index contributed by atoms with van der Waals surface area (Å²) in [4.78, 5) is 0. The summed E-state index contributed by atoms with van der Waals surface area (Å²) < 4.78 is 5.69. The molecule has 0 aliphatic heterocycles. The molecular formula is C18H19N3O. The molecule has 4 nitrogen and oxygen atoms in total. The highest BCUT2D eigenvalue weighted by molar-refractivity contribution is 5.53. The number of benzene rings is 2. The molecule has 3 aromatic rings. The Labute approximate surface area is 130 Å². The van der Waals surface area contributed by atoms with Crippen molar-refractivity contribution in [3.63, 3.8) is 0 Å². The molecule has 0 spiro atoms. The van der Waals surface area contributed by atoms with E-state index in [-0.39, 0.29) is 0 Å². The number of nitrogens with zero attached hydrogens (tertiary/aromatic N) is 2. The lowest BCUT2D eigenvalue weighted by atomic mass is 10.1. The molecule has 0 aliphatic rings. The Morgan fingerprint density at radius 1 is 0.909 bits per heavy atom. The maximum atomic E-state index is 5.69. The van der Waals surface area contributed by atoms with E-state index in [9.17, 15) is 0 Å². The SMILES string of the molecule is Cc1cccc(NCc2nnc(Cc3ccccc3)o2)c1C. The number of aromatic nitrogens is 2. The van der Waals surface area contributed by atoms with Crippen LogP contribution in [0.4, 0.5) is 5.69 Å². The van der Waals surface area contributed by atoms with E-state index in [2.05, 4.69) is 53.6 Å². The van der Waals surface area contributed by atoms with Gasteiger partial charge in [-0.15, -0.1) is 10.2 Å². The maximum Gasteiger partial charge on any atom is 0.235 e. The van der Waals surface area contributed by atoms with Crippen LogP contribution in [0.25, 0.3) is 0 Å². The summed E-state index contributed by atoms with van der Waals surface area (Å²) in [6, 6.07) is 16.3. The lowest BCUT2D eigenvalue weighted by molar-refractivity contribution is 0.464. The van der Waals surface area contributed by atoms with E-state index in [1.54, 1.807) is 0 Å². The van der Waals surface area contributed by atoms with Crippen LogP contribution in [0.3, 0.4) is 0 Å². The molecule has 2 aromatic carbocycles. The molecule has 0 saturated carbocycles. The lowest BCUT2D eigenvalue weighted by Crippen LogP contribution is -2.02. The maximum absolute atomic E-state index is 5.69. The van der Waals surface area contributed by atoms with Crippen molar-refractivity contribution >= 4 is 5.69 Å². The van der Waals surface area contributed by atoms with E-state index >= 15 is 0 Å². The second kappa shape index (κ2) is 6.43. The second-order valence-electron chi connectivity index (χ2n) is 5.35. The molecule has 0 aliphatic carbocycles. The molecular weight excluding hydrogens is 274 g/mol. The van der Waals surface area contributed by atoms with Gasteiger partial charge in [0.05, 0.1) is 13.0 Å². The van der Waals surface area contributed by atoms with Gasteiger partial charge in [-0.25, -0.2) is 0 Å². The smallest absolute Gasteiger partial charge is 0.235 e. The van der Waals surface area contributed by atoms with Crippen molar-refractivity contribution in [2.75, 3.05) is 5.32 Å². The first-order valence-electron chi connectivity index (χ1n) is 7.37. The van der Waals surface area contributed by atoms with Crippen molar-refractivity contribution in [3.05, 3.63) is 77.0 Å². The molecule has 1 N–H and O–H groups in total. The van der Waals surface area contributed by atoms with Gasteiger partial charge in [-0.05, 0) is 36.6 Å². The molecule has 0 fully saturated rings. The van der Waals surface area contributed by atoms with Gasteiger partial charge in [0, 0.05) is 5.69 Å². The molecule has 0 bridgehead atoms. The molecule has 0 amide bonds. The lowest BCUT2D eigenvalue weighted by Gasteiger charge is -2.09. The standard InChI is InChI=1S/C18H19N3O/c1-13-7-6-10-16(14(13)2)19-12-18-21-20-17(22-18)11-15-8-4-3-5-9-15/h3-10,19H,11-12H2,1-2H3. The van der Waals surface area contributed by atoms with Crippen molar-refractivity contribution in [1.82, 2.24) is 10.2 Å². The van der Waals surface area contributed by atoms with Crippen LogP contribution in [-0.4, -0.2) is 10.2 Å². The Morgan fingerprint density at radius 3 is 2.50 bits per heavy atom. The van der Waals surface area contributed by atoms with E-state index < -0.39 is 0 Å². The number of rotatable bonds is 5. The minimum atomic E-state index is 0.534. The van der Waals surface area contributed by atoms with Gasteiger partial charge < -0.3 is 9.73 Å². The first-order valence-corrected chi connectivity index (χ1v) is 7.37. The van der Waals surface area contributed by atoms with E-state index in [0.29, 0.717) is 24.7 Å². The van der Waals surface area contributed by atoms with E-state index in [0.717, 1.165) is 5.69 Å². The predicted octanol–water partition coefficient (Wildman–Crippen LogP) is 3.89. The molecule has 1 aromatic heterocycles. The first kappa shape index (κ1) is 14.3.